The Labute approximate surface area is 250 Å². The summed E-state index contributed by atoms with van der Waals surface area (Å²) >= 11 is -1.33. The van der Waals surface area contributed by atoms with Crippen LogP contribution in [-0.4, -0.2) is 28.5 Å². The van der Waals surface area contributed by atoms with Crippen molar-refractivity contribution in [2.75, 3.05) is 17.7 Å². The molecule has 0 aromatic heterocycles. The van der Waals surface area contributed by atoms with Gasteiger partial charge in [0.05, 0.1) is 32.9 Å². The molecular formula is C17H14N4Na2O9S3. The van der Waals surface area contributed by atoms with Crippen molar-refractivity contribution in [1.82, 2.24) is 0 Å². The molecule has 0 saturated heterocycles. The summed E-state index contributed by atoms with van der Waals surface area (Å²) in [5.41, 5.74) is 11.9. The molecule has 1 unspecified atom stereocenters. The first kappa shape index (κ1) is 32.0. The van der Waals surface area contributed by atoms with Gasteiger partial charge in [0.2, 0.25) is 11.1 Å². The van der Waals surface area contributed by atoms with Crippen molar-refractivity contribution in [2.45, 2.75) is 9.79 Å². The Hall–Kier alpha value is -0.990. The summed E-state index contributed by atoms with van der Waals surface area (Å²) in [5, 5.41) is 32.0. The zero-order chi connectivity index (χ0) is 24.3. The zero-order valence-electron chi connectivity index (χ0n) is 18.5. The van der Waals surface area contributed by atoms with E-state index >= 15 is 0 Å². The number of anilines is 2. The summed E-state index contributed by atoms with van der Waals surface area (Å²) < 4.78 is 55.2. The maximum Gasteiger partial charge on any atom is 1.00 e. The van der Waals surface area contributed by atoms with Gasteiger partial charge in [0.1, 0.15) is 27.2 Å². The number of fused-ring (bicyclic) bond motifs is 1. The topological polar surface area (TPSA) is 222 Å². The maximum atomic E-state index is 11.5. The largest absolute Gasteiger partial charge is 1.00 e. The molecule has 13 nitrogen and oxygen atoms in total. The van der Waals surface area contributed by atoms with Gasteiger partial charge >= 0.3 is 59.1 Å². The molecule has 18 heteroatoms. The summed E-state index contributed by atoms with van der Waals surface area (Å²) in [6.45, 7) is 0. The number of nitrogens with two attached hydrogens (primary N) is 2. The molecule has 1 atom stereocenters. The van der Waals surface area contributed by atoms with E-state index in [1.165, 1.54) is 30.5 Å². The number of hydrogen-bond acceptors (Lipinski definition) is 14. The monoisotopic (exact) mass is 560 g/mol. The summed E-state index contributed by atoms with van der Waals surface area (Å²) in [7, 11) is -4.91. The molecule has 176 valence electrons. The van der Waals surface area contributed by atoms with Gasteiger partial charge in [-0.05, 0) is 35.7 Å². The fourth-order valence-electron chi connectivity index (χ4n) is 2.74. The van der Waals surface area contributed by atoms with E-state index in [-0.39, 0.29) is 97.6 Å². The SMILES string of the molecule is CS(=O)Oc1cc(N)ccc1N=Nc1c(N)c(SOO[O-])cc2cc(S(=O)(=O)[O-])cc(O)c12.[Na+].[Na+]. The van der Waals surface area contributed by atoms with E-state index in [9.17, 15) is 27.5 Å². The molecule has 3 aromatic rings. The summed E-state index contributed by atoms with van der Waals surface area (Å²) in [4.78, 5) is -0.674. The number of rotatable bonds is 8. The molecule has 0 spiro atoms. The molecule has 5 N–H and O–H groups in total. The van der Waals surface area contributed by atoms with Crippen LogP contribution in [0.1, 0.15) is 0 Å². The predicted octanol–water partition coefficient (Wildman–Crippen LogP) is -4.06. The minimum Gasteiger partial charge on any atom is -0.744 e. The number of hydrogen-bond donors (Lipinski definition) is 3. The Balaban J connectivity index is 0.00000306. The number of nitrogen functional groups attached to an aromatic ring is 2. The number of phenolic OH excluding ortho intramolecular Hbond substituents is 1. The van der Waals surface area contributed by atoms with Crippen molar-refractivity contribution >= 4 is 66.8 Å². The van der Waals surface area contributed by atoms with Crippen molar-refractivity contribution in [1.29, 1.82) is 0 Å². The van der Waals surface area contributed by atoms with Crippen LogP contribution in [0.15, 0.2) is 56.4 Å². The Kier molecular flexibility index (Phi) is 12.4. The minimum absolute atomic E-state index is 0. The van der Waals surface area contributed by atoms with Crippen molar-refractivity contribution in [3.8, 4) is 11.5 Å². The second kappa shape index (κ2) is 13.5. The molecule has 3 rings (SSSR count). The average Bonchev–Trinajstić information content (AvgIpc) is 2.71. The molecule has 0 bridgehead atoms. The first-order valence-electron chi connectivity index (χ1n) is 8.52. The zero-order valence-corrected chi connectivity index (χ0v) is 24.9. The number of phenols is 1. The first-order chi connectivity index (χ1) is 15.5. The van der Waals surface area contributed by atoms with Crippen LogP contribution in [-0.2, 0) is 30.6 Å². The van der Waals surface area contributed by atoms with E-state index in [0.29, 0.717) is 17.7 Å². The summed E-state index contributed by atoms with van der Waals surface area (Å²) in [6.07, 6.45) is 1.29. The van der Waals surface area contributed by atoms with Crippen molar-refractivity contribution in [3.05, 3.63) is 36.4 Å². The number of aromatic hydroxyl groups is 1. The van der Waals surface area contributed by atoms with Gasteiger partial charge in [-0.15, -0.1) is 10.2 Å². The minimum atomic E-state index is -4.91. The quantitative estimate of drug-likeness (QED) is 0.0455. The van der Waals surface area contributed by atoms with E-state index in [1.54, 1.807) is 0 Å². The normalized spacial score (nSPS) is 12.2. The molecule has 0 aliphatic rings. The Morgan fingerprint density at radius 1 is 1.11 bits per heavy atom. The Morgan fingerprint density at radius 2 is 1.80 bits per heavy atom. The molecule has 0 aliphatic heterocycles. The van der Waals surface area contributed by atoms with Crippen LogP contribution in [0.2, 0.25) is 0 Å². The van der Waals surface area contributed by atoms with Gasteiger partial charge in [0.15, 0.2) is 5.75 Å². The molecule has 0 heterocycles. The standard InChI is InChI=1S/C17H16N4O9S3.2Na/c1-32(24)28-13-6-9(18)2-3-11(13)20-21-17-15-8(5-14(16(17)19)31-30-29-23)4-10(7-12(15)22)33(25,26)27;;/h2-7,22-23H,18-19H2,1H3,(H,25,26,27);;/q;2*+1/p-2. The Bertz CT molecular complexity index is 1390. The van der Waals surface area contributed by atoms with E-state index in [4.69, 9.17) is 15.7 Å². The molecule has 0 aliphatic carbocycles. The summed E-state index contributed by atoms with van der Waals surface area (Å²) in [5.74, 6) is -0.580. The molecular weight excluding hydrogens is 546 g/mol. The van der Waals surface area contributed by atoms with Crippen molar-refractivity contribution in [3.63, 3.8) is 0 Å². The van der Waals surface area contributed by atoms with Crippen LogP contribution >= 0.6 is 12.0 Å². The first-order valence-corrected chi connectivity index (χ1v) is 12.2. The summed E-state index contributed by atoms with van der Waals surface area (Å²) in [6, 6.07) is 7.25. The van der Waals surface area contributed by atoms with Crippen LogP contribution < -0.4 is 80.0 Å². The second-order valence-electron chi connectivity index (χ2n) is 6.26. The Morgan fingerprint density at radius 3 is 2.40 bits per heavy atom. The third-order valence-corrected chi connectivity index (χ3v) is 5.92. The molecule has 0 amide bonds. The van der Waals surface area contributed by atoms with Crippen molar-refractivity contribution < 1.29 is 100 Å². The van der Waals surface area contributed by atoms with Gasteiger partial charge < -0.3 is 30.6 Å². The van der Waals surface area contributed by atoms with Crippen LogP contribution in [0.5, 0.6) is 11.5 Å². The van der Waals surface area contributed by atoms with Crippen molar-refractivity contribution in [2.24, 2.45) is 10.2 Å². The fraction of sp³-hybridized carbons (Fsp3) is 0.0588. The number of benzene rings is 3. The van der Waals surface area contributed by atoms with Gasteiger partial charge in [-0.1, -0.05) is 0 Å². The molecule has 35 heavy (non-hydrogen) atoms. The van der Waals surface area contributed by atoms with E-state index in [1.807, 2.05) is 0 Å². The van der Waals surface area contributed by atoms with Gasteiger partial charge in [0.25, 0.3) is 0 Å². The van der Waals surface area contributed by atoms with Gasteiger partial charge in [-0.2, -0.15) is 4.33 Å². The van der Waals surface area contributed by atoms with Crippen LogP contribution in [0.25, 0.3) is 10.8 Å². The molecule has 3 aromatic carbocycles. The number of nitrogens with zero attached hydrogens (tertiary/aromatic N) is 2. The predicted molar refractivity (Wildman–Crippen MR) is 116 cm³/mol. The number of azo groups is 1. The van der Waals surface area contributed by atoms with Gasteiger partial charge in [-0.3, -0.25) is 5.04 Å². The molecule has 0 saturated carbocycles. The molecule has 0 fully saturated rings. The third-order valence-electron chi connectivity index (χ3n) is 4.05. The molecule has 0 radical (unpaired) electrons. The third kappa shape index (κ3) is 8.00. The van der Waals surface area contributed by atoms with Crippen LogP contribution in [0.4, 0.5) is 22.7 Å². The maximum absolute atomic E-state index is 11.5. The van der Waals surface area contributed by atoms with E-state index < -0.39 is 31.8 Å². The van der Waals surface area contributed by atoms with E-state index in [2.05, 4.69) is 19.6 Å². The van der Waals surface area contributed by atoms with E-state index in [0.717, 1.165) is 12.1 Å². The second-order valence-corrected chi connectivity index (χ2v) is 9.35. The smallest absolute Gasteiger partial charge is 0.744 e. The fourth-order valence-corrected chi connectivity index (χ4v) is 4.12. The van der Waals surface area contributed by atoms with Crippen LogP contribution in [0.3, 0.4) is 0 Å². The van der Waals surface area contributed by atoms with Gasteiger partial charge in [-0.25, -0.2) is 12.6 Å². The average molecular weight is 560 g/mol. The van der Waals surface area contributed by atoms with Gasteiger partial charge in [0, 0.05) is 18.0 Å². The van der Waals surface area contributed by atoms with Crippen LogP contribution in [0, 0.1) is 0 Å².